The Morgan fingerprint density at radius 2 is 2.16 bits per heavy atom. The number of alkyl halides is 3. The molecule has 0 aliphatic rings. The predicted molar refractivity (Wildman–Crippen MR) is 55.8 cm³/mol. The van der Waals surface area contributed by atoms with Crippen molar-refractivity contribution < 1.29 is 32.0 Å². The van der Waals surface area contributed by atoms with E-state index in [0.29, 0.717) is 0 Å². The number of likely N-dealkylation sites (N-methyl/N-ethyl adjacent to an activating group) is 1. The third kappa shape index (κ3) is 5.42. The summed E-state index contributed by atoms with van der Waals surface area (Å²) in [5.74, 6) is -1.44. The van der Waals surface area contributed by atoms with Crippen molar-refractivity contribution in [3.05, 3.63) is 24.2 Å². The molecule has 0 spiro atoms. The predicted octanol–water partition coefficient (Wildman–Crippen LogP) is 0.962. The van der Waals surface area contributed by atoms with E-state index in [1.807, 2.05) is 0 Å². The van der Waals surface area contributed by atoms with Crippen LogP contribution in [0.2, 0.25) is 0 Å². The van der Waals surface area contributed by atoms with Gasteiger partial charge in [-0.15, -0.1) is 0 Å². The number of amides is 2. The van der Waals surface area contributed by atoms with Crippen LogP contribution in [-0.2, 0) is 9.63 Å². The van der Waals surface area contributed by atoms with Crippen LogP contribution < -0.4 is 5.48 Å². The molecule has 0 radical (unpaired) electrons. The van der Waals surface area contributed by atoms with Crippen LogP contribution in [0.5, 0.6) is 0 Å². The van der Waals surface area contributed by atoms with E-state index in [4.69, 9.17) is 4.42 Å². The van der Waals surface area contributed by atoms with E-state index in [0.717, 1.165) is 4.90 Å². The van der Waals surface area contributed by atoms with E-state index in [2.05, 4.69) is 4.84 Å². The average molecular weight is 280 g/mol. The van der Waals surface area contributed by atoms with Gasteiger partial charge in [0, 0.05) is 7.05 Å². The average Bonchev–Trinajstić information content (AvgIpc) is 2.79. The highest BCUT2D eigenvalue weighted by molar-refractivity contribution is 5.93. The fourth-order valence-electron chi connectivity index (χ4n) is 1.11. The van der Waals surface area contributed by atoms with Crippen LogP contribution in [0, 0.1) is 0 Å². The molecule has 2 amide bonds. The quantitative estimate of drug-likeness (QED) is 0.815. The van der Waals surface area contributed by atoms with Crippen LogP contribution in [0.1, 0.15) is 10.6 Å². The molecule has 19 heavy (non-hydrogen) atoms. The van der Waals surface area contributed by atoms with E-state index < -0.39 is 31.1 Å². The van der Waals surface area contributed by atoms with E-state index in [-0.39, 0.29) is 5.76 Å². The van der Waals surface area contributed by atoms with Gasteiger partial charge in [-0.1, -0.05) is 0 Å². The van der Waals surface area contributed by atoms with Crippen molar-refractivity contribution in [2.45, 2.75) is 6.18 Å². The van der Waals surface area contributed by atoms with Gasteiger partial charge in [-0.25, -0.2) is 5.48 Å². The van der Waals surface area contributed by atoms with Gasteiger partial charge in [0.05, 0.1) is 6.26 Å². The van der Waals surface area contributed by atoms with E-state index >= 15 is 0 Å². The first-order valence-corrected chi connectivity index (χ1v) is 5.06. The number of rotatable bonds is 5. The van der Waals surface area contributed by atoms with Gasteiger partial charge in [0.15, 0.2) is 12.4 Å². The maximum Gasteiger partial charge on any atom is 0.414 e. The number of hydroxylamine groups is 1. The zero-order chi connectivity index (χ0) is 14.5. The molecular weight excluding hydrogens is 269 g/mol. The molecule has 0 unspecified atom stereocenters. The molecule has 9 heteroatoms. The second-order valence-corrected chi connectivity index (χ2v) is 3.57. The van der Waals surface area contributed by atoms with E-state index in [1.165, 1.54) is 25.4 Å². The zero-order valence-corrected chi connectivity index (χ0v) is 9.86. The minimum Gasteiger partial charge on any atom is -0.459 e. The molecule has 1 heterocycles. The van der Waals surface area contributed by atoms with E-state index in [1.54, 1.807) is 5.48 Å². The van der Waals surface area contributed by atoms with Crippen LogP contribution >= 0.6 is 0 Å². The van der Waals surface area contributed by atoms with Crippen molar-refractivity contribution in [3.63, 3.8) is 0 Å². The van der Waals surface area contributed by atoms with Gasteiger partial charge < -0.3 is 9.32 Å². The molecule has 0 saturated carbocycles. The summed E-state index contributed by atoms with van der Waals surface area (Å²) in [5, 5.41) is 0. The first-order valence-electron chi connectivity index (χ1n) is 5.06. The minimum atomic E-state index is -4.54. The SMILES string of the molecule is CN(CC(=O)NOCC(F)(F)F)C(=O)c1ccco1. The molecule has 6 nitrogen and oxygen atoms in total. The third-order valence-electron chi connectivity index (χ3n) is 1.88. The van der Waals surface area contributed by atoms with Crippen molar-refractivity contribution in [2.24, 2.45) is 0 Å². The Kier molecular flexibility index (Phi) is 4.93. The van der Waals surface area contributed by atoms with Crippen LogP contribution in [0.3, 0.4) is 0 Å². The first-order chi connectivity index (χ1) is 8.79. The molecule has 0 saturated heterocycles. The highest BCUT2D eigenvalue weighted by Crippen LogP contribution is 2.13. The Balaban J connectivity index is 2.34. The molecule has 1 aromatic rings. The lowest BCUT2D eigenvalue weighted by molar-refractivity contribution is -0.191. The van der Waals surface area contributed by atoms with Gasteiger partial charge >= 0.3 is 6.18 Å². The second-order valence-electron chi connectivity index (χ2n) is 3.57. The lowest BCUT2D eigenvalue weighted by atomic mass is 10.4. The second kappa shape index (κ2) is 6.23. The van der Waals surface area contributed by atoms with Gasteiger partial charge in [-0.3, -0.25) is 14.4 Å². The lowest BCUT2D eigenvalue weighted by Gasteiger charge is -2.15. The molecule has 1 rings (SSSR count). The maximum atomic E-state index is 11.7. The zero-order valence-electron chi connectivity index (χ0n) is 9.86. The van der Waals surface area contributed by atoms with Gasteiger partial charge in [0.1, 0.15) is 6.54 Å². The van der Waals surface area contributed by atoms with Crippen LogP contribution in [-0.4, -0.2) is 43.1 Å². The number of hydrogen-bond donors (Lipinski definition) is 1. The largest absolute Gasteiger partial charge is 0.459 e. The number of hydrogen-bond acceptors (Lipinski definition) is 4. The summed E-state index contributed by atoms with van der Waals surface area (Å²) in [6.45, 7) is -2.06. The molecule has 106 valence electrons. The summed E-state index contributed by atoms with van der Waals surface area (Å²) in [7, 11) is 1.30. The molecule has 0 fully saturated rings. The molecule has 0 atom stereocenters. The Labute approximate surface area is 106 Å². The van der Waals surface area contributed by atoms with Crippen molar-refractivity contribution in [1.82, 2.24) is 10.4 Å². The standard InChI is InChI=1S/C10H11F3N2O4/c1-15(9(17)7-3-2-4-18-7)5-8(16)14-19-6-10(11,12)13/h2-4H,5-6H2,1H3,(H,14,16). The maximum absolute atomic E-state index is 11.7. The Morgan fingerprint density at radius 1 is 1.47 bits per heavy atom. The third-order valence-corrected chi connectivity index (χ3v) is 1.88. The van der Waals surface area contributed by atoms with Gasteiger partial charge in [0.25, 0.3) is 11.8 Å². The molecule has 0 aliphatic carbocycles. The van der Waals surface area contributed by atoms with Crippen molar-refractivity contribution >= 4 is 11.8 Å². The summed E-state index contributed by atoms with van der Waals surface area (Å²) in [5.41, 5.74) is 1.59. The Morgan fingerprint density at radius 3 is 2.68 bits per heavy atom. The van der Waals surface area contributed by atoms with Gasteiger partial charge in [-0.05, 0) is 12.1 Å². The minimum absolute atomic E-state index is 0.0199. The fourth-order valence-corrected chi connectivity index (χ4v) is 1.11. The summed E-state index contributed by atoms with van der Waals surface area (Å²) < 4.78 is 40.0. The summed E-state index contributed by atoms with van der Waals surface area (Å²) >= 11 is 0. The number of halogens is 3. The molecular formula is C10H11F3N2O4. The number of nitrogens with zero attached hydrogens (tertiary/aromatic N) is 1. The fraction of sp³-hybridized carbons (Fsp3) is 0.400. The molecule has 1 aromatic heterocycles. The first kappa shape index (κ1) is 15.0. The van der Waals surface area contributed by atoms with Crippen LogP contribution in [0.15, 0.2) is 22.8 Å². The van der Waals surface area contributed by atoms with Crippen molar-refractivity contribution in [1.29, 1.82) is 0 Å². The highest BCUT2D eigenvalue weighted by atomic mass is 19.4. The summed E-state index contributed by atoms with van der Waals surface area (Å²) in [6.07, 6.45) is -3.25. The van der Waals surface area contributed by atoms with Crippen LogP contribution in [0.25, 0.3) is 0 Å². The molecule has 0 aromatic carbocycles. The van der Waals surface area contributed by atoms with E-state index in [9.17, 15) is 22.8 Å². The Hall–Kier alpha value is -2.03. The highest BCUT2D eigenvalue weighted by Gasteiger charge is 2.28. The number of carbonyl (C=O) groups excluding carboxylic acids is 2. The number of furan rings is 1. The monoisotopic (exact) mass is 280 g/mol. The summed E-state index contributed by atoms with van der Waals surface area (Å²) in [6, 6.07) is 2.89. The van der Waals surface area contributed by atoms with Crippen molar-refractivity contribution in [3.8, 4) is 0 Å². The number of carbonyl (C=O) groups is 2. The number of nitrogens with one attached hydrogen (secondary N) is 1. The van der Waals surface area contributed by atoms with Crippen LogP contribution in [0.4, 0.5) is 13.2 Å². The normalized spacial score (nSPS) is 11.2. The summed E-state index contributed by atoms with van der Waals surface area (Å²) in [4.78, 5) is 27.7. The lowest BCUT2D eigenvalue weighted by Crippen LogP contribution is -2.39. The van der Waals surface area contributed by atoms with Crippen molar-refractivity contribution in [2.75, 3.05) is 20.2 Å². The molecule has 1 N–H and O–H groups in total. The molecule has 0 aliphatic heterocycles. The van der Waals surface area contributed by atoms with Gasteiger partial charge in [-0.2, -0.15) is 13.2 Å². The smallest absolute Gasteiger partial charge is 0.414 e. The van der Waals surface area contributed by atoms with Gasteiger partial charge in [0.2, 0.25) is 0 Å². The molecule has 0 bridgehead atoms. The Bertz CT molecular complexity index is 430. The topological polar surface area (TPSA) is 71.8 Å².